The summed E-state index contributed by atoms with van der Waals surface area (Å²) in [6.07, 6.45) is 1.73. The van der Waals surface area contributed by atoms with Crippen LogP contribution in [0.3, 0.4) is 0 Å². The largest absolute Gasteiger partial charge is 0.372 e. The van der Waals surface area contributed by atoms with E-state index in [1.807, 2.05) is 24.3 Å². The van der Waals surface area contributed by atoms with Crippen molar-refractivity contribution in [3.05, 3.63) is 54.7 Å². The molecule has 0 saturated heterocycles. The molecule has 2 N–H and O–H groups in total. The molecule has 0 aliphatic rings. The van der Waals surface area contributed by atoms with Gasteiger partial charge in [-0.2, -0.15) is 0 Å². The second kappa shape index (κ2) is 8.67. The van der Waals surface area contributed by atoms with Crippen LogP contribution in [0.5, 0.6) is 0 Å². The number of carbonyl (C=O) groups is 1. The quantitative estimate of drug-likeness (QED) is 0.730. The molecule has 0 atom stereocenters. The van der Waals surface area contributed by atoms with Crippen molar-refractivity contribution in [1.29, 1.82) is 0 Å². The third-order valence-electron chi connectivity index (χ3n) is 3.58. The van der Waals surface area contributed by atoms with Gasteiger partial charge in [-0.3, -0.25) is 4.79 Å². The van der Waals surface area contributed by atoms with Crippen molar-refractivity contribution in [3.8, 4) is 0 Å². The maximum absolute atomic E-state index is 12.2. The van der Waals surface area contributed by atoms with E-state index >= 15 is 0 Å². The van der Waals surface area contributed by atoms with Crippen molar-refractivity contribution in [2.45, 2.75) is 13.8 Å². The second-order valence-corrected chi connectivity index (χ2v) is 5.15. The fourth-order valence-corrected chi connectivity index (χ4v) is 2.26. The third-order valence-corrected chi connectivity index (χ3v) is 3.58. The van der Waals surface area contributed by atoms with Crippen molar-refractivity contribution in [2.24, 2.45) is 0 Å². The number of nitrogens with one attached hydrogen (secondary N) is 2. The summed E-state index contributed by atoms with van der Waals surface area (Å²) in [5, 5.41) is 13.7. The van der Waals surface area contributed by atoms with Crippen molar-refractivity contribution in [2.75, 3.05) is 35.2 Å². The van der Waals surface area contributed by atoms with Gasteiger partial charge in [-0.1, -0.05) is 6.08 Å². The summed E-state index contributed by atoms with van der Waals surface area (Å²) in [4.78, 5) is 14.5. The SMILES string of the molecule is C=CCNc1ccc(C(=O)Nc2ccc(N(CC)CC)cc2)nn1. The van der Waals surface area contributed by atoms with Gasteiger partial charge < -0.3 is 15.5 Å². The van der Waals surface area contributed by atoms with Gasteiger partial charge in [0.1, 0.15) is 5.82 Å². The standard InChI is InChI=1S/C18H23N5O/c1-4-13-19-17-12-11-16(21-22-17)18(24)20-14-7-9-15(10-8-14)23(5-2)6-3/h4,7-12H,1,5-6,13H2,2-3H3,(H,19,22)(H,20,24). The molecule has 1 amide bonds. The van der Waals surface area contributed by atoms with Crippen LogP contribution in [0.4, 0.5) is 17.2 Å². The lowest BCUT2D eigenvalue weighted by Gasteiger charge is -2.21. The van der Waals surface area contributed by atoms with Crippen LogP contribution < -0.4 is 15.5 Å². The molecule has 2 rings (SSSR count). The Morgan fingerprint density at radius 2 is 1.83 bits per heavy atom. The van der Waals surface area contributed by atoms with Crippen LogP contribution in [0.2, 0.25) is 0 Å². The van der Waals surface area contributed by atoms with Gasteiger partial charge in [0.15, 0.2) is 5.69 Å². The number of hydrogen-bond donors (Lipinski definition) is 2. The average molecular weight is 325 g/mol. The van der Waals surface area contributed by atoms with E-state index < -0.39 is 0 Å². The Labute approximate surface area is 142 Å². The molecular formula is C18H23N5O. The van der Waals surface area contributed by atoms with Gasteiger partial charge in [0.2, 0.25) is 0 Å². The number of hydrogen-bond acceptors (Lipinski definition) is 5. The zero-order valence-corrected chi connectivity index (χ0v) is 14.1. The summed E-state index contributed by atoms with van der Waals surface area (Å²) in [6.45, 7) is 10.3. The lowest BCUT2D eigenvalue weighted by molar-refractivity contribution is 0.102. The van der Waals surface area contributed by atoms with Gasteiger partial charge in [0.05, 0.1) is 0 Å². The molecule has 0 radical (unpaired) electrons. The summed E-state index contributed by atoms with van der Waals surface area (Å²) < 4.78 is 0. The van der Waals surface area contributed by atoms with Crippen LogP contribution >= 0.6 is 0 Å². The highest BCUT2D eigenvalue weighted by atomic mass is 16.1. The summed E-state index contributed by atoms with van der Waals surface area (Å²) in [5.74, 6) is 0.323. The lowest BCUT2D eigenvalue weighted by atomic mass is 10.2. The highest BCUT2D eigenvalue weighted by Crippen LogP contribution is 2.18. The van der Waals surface area contributed by atoms with E-state index in [0.717, 1.165) is 24.5 Å². The van der Waals surface area contributed by atoms with Crippen molar-refractivity contribution in [1.82, 2.24) is 10.2 Å². The predicted molar refractivity (Wildman–Crippen MR) is 98.7 cm³/mol. The number of aromatic nitrogens is 2. The maximum Gasteiger partial charge on any atom is 0.276 e. The Hall–Kier alpha value is -2.89. The summed E-state index contributed by atoms with van der Waals surface area (Å²) >= 11 is 0. The molecule has 1 heterocycles. The maximum atomic E-state index is 12.2. The van der Waals surface area contributed by atoms with Gasteiger partial charge in [-0.05, 0) is 50.2 Å². The first kappa shape index (κ1) is 17.5. The number of anilines is 3. The monoisotopic (exact) mass is 325 g/mol. The smallest absolute Gasteiger partial charge is 0.276 e. The van der Waals surface area contributed by atoms with Crippen molar-refractivity contribution < 1.29 is 4.79 Å². The van der Waals surface area contributed by atoms with Crippen LogP contribution in [0.25, 0.3) is 0 Å². The molecule has 0 spiro atoms. The highest BCUT2D eigenvalue weighted by molar-refractivity contribution is 6.02. The zero-order chi connectivity index (χ0) is 17.4. The molecule has 0 bridgehead atoms. The topological polar surface area (TPSA) is 70.2 Å². The Bertz CT molecular complexity index is 663. The van der Waals surface area contributed by atoms with E-state index in [-0.39, 0.29) is 11.6 Å². The van der Waals surface area contributed by atoms with Crippen molar-refractivity contribution in [3.63, 3.8) is 0 Å². The van der Waals surface area contributed by atoms with Crippen LogP contribution in [0.1, 0.15) is 24.3 Å². The van der Waals surface area contributed by atoms with Crippen LogP contribution in [0, 0.1) is 0 Å². The molecule has 2 aromatic rings. The Morgan fingerprint density at radius 3 is 2.38 bits per heavy atom. The van der Waals surface area contributed by atoms with Crippen LogP contribution in [0.15, 0.2) is 49.1 Å². The van der Waals surface area contributed by atoms with E-state index in [2.05, 4.69) is 46.2 Å². The number of benzene rings is 1. The first-order valence-electron chi connectivity index (χ1n) is 8.02. The van der Waals surface area contributed by atoms with Gasteiger partial charge in [-0.25, -0.2) is 0 Å². The molecule has 0 unspecified atom stereocenters. The van der Waals surface area contributed by atoms with Crippen LogP contribution in [-0.4, -0.2) is 35.7 Å². The Kier molecular flexibility index (Phi) is 6.31. The van der Waals surface area contributed by atoms with Gasteiger partial charge >= 0.3 is 0 Å². The van der Waals surface area contributed by atoms with E-state index in [4.69, 9.17) is 0 Å². The molecule has 0 aliphatic carbocycles. The molecule has 0 saturated carbocycles. The van der Waals surface area contributed by atoms with Gasteiger partial charge in [0.25, 0.3) is 5.91 Å². The Balaban J connectivity index is 2.00. The number of rotatable bonds is 8. The van der Waals surface area contributed by atoms with Gasteiger partial charge in [-0.15, -0.1) is 16.8 Å². The van der Waals surface area contributed by atoms with E-state index in [0.29, 0.717) is 12.4 Å². The number of carbonyl (C=O) groups excluding carboxylic acids is 1. The fraction of sp³-hybridized carbons (Fsp3) is 0.278. The first-order valence-corrected chi connectivity index (χ1v) is 8.02. The Morgan fingerprint density at radius 1 is 1.12 bits per heavy atom. The predicted octanol–water partition coefficient (Wildman–Crippen LogP) is 3.17. The van der Waals surface area contributed by atoms with Gasteiger partial charge in [0, 0.05) is 31.0 Å². The zero-order valence-electron chi connectivity index (χ0n) is 14.1. The molecule has 1 aromatic carbocycles. The molecule has 1 aromatic heterocycles. The molecule has 126 valence electrons. The normalized spacial score (nSPS) is 10.1. The lowest BCUT2D eigenvalue weighted by Crippen LogP contribution is -2.21. The molecular weight excluding hydrogens is 302 g/mol. The molecule has 0 aliphatic heterocycles. The third kappa shape index (κ3) is 4.55. The summed E-state index contributed by atoms with van der Waals surface area (Å²) in [5.41, 5.74) is 2.13. The minimum atomic E-state index is -0.284. The number of amides is 1. The van der Waals surface area contributed by atoms with Crippen molar-refractivity contribution >= 4 is 23.1 Å². The minimum Gasteiger partial charge on any atom is -0.372 e. The minimum absolute atomic E-state index is 0.270. The number of nitrogens with zero attached hydrogens (tertiary/aromatic N) is 3. The summed E-state index contributed by atoms with van der Waals surface area (Å²) in [6, 6.07) is 11.1. The second-order valence-electron chi connectivity index (χ2n) is 5.15. The average Bonchev–Trinajstić information content (AvgIpc) is 2.62. The fourth-order valence-electron chi connectivity index (χ4n) is 2.26. The molecule has 6 heteroatoms. The molecule has 0 fully saturated rings. The van der Waals surface area contributed by atoms with E-state index in [1.54, 1.807) is 18.2 Å². The van der Waals surface area contributed by atoms with Crippen LogP contribution in [-0.2, 0) is 0 Å². The van der Waals surface area contributed by atoms with E-state index in [1.165, 1.54) is 0 Å². The highest BCUT2D eigenvalue weighted by Gasteiger charge is 2.09. The first-order chi connectivity index (χ1) is 11.7. The van der Waals surface area contributed by atoms with E-state index in [9.17, 15) is 4.79 Å². The summed E-state index contributed by atoms with van der Waals surface area (Å²) in [7, 11) is 0. The molecule has 24 heavy (non-hydrogen) atoms. The molecule has 6 nitrogen and oxygen atoms in total.